The minimum absolute atomic E-state index is 0.0194. The van der Waals surface area contributed by atoms with Gasteiger partial charge in [0.2, 0.25) is 0 Å². The standard InChI is InChI=1S/C17H12BrClFN5O5/c18-9-1-2-10(15(20)14(9)19)24-16-8-5-12(25(28)29)13(6-11(8)22-7-23-16)30-4-3-21-17(26)27/h1-2,5-7,21H,3-4H2,(H,26,27)(H,22,23,24). The van der Waals surface area contributed by atoms with Crippen molar-refractivity contribution in [1.82, 2.24) is 15.3 Å². The van der Waals surface area contributed by atoms with Crippen LogP contribution in [0.25, 0.3) is 10.9 Å². The minimum atomic E-state index is -1.24. The molecule has 10 nitrogen and oxygen atoms in total. The van der Waals surface area contributed by atoms with Crippen molar-refractivity contribution in [3.05, 3.63) is 56.0 Å². The maximum absolute atomic E-state index is 14.4. The molecular formula is C17H12BrClFN5O5. The highest BCUT2D eigenvalue weighted by Crippen LogP contribution is 2.36. The Balaban J connectivity index is 1.98. The van der Waals surface area contributed by atoms with Gasteiger partial charge in [0.25, 0.3) is 0 Å². The molecule has 30 heavy (non-hydrogen) atoms. The number of amides is 1. The van der Waals surface area contributed by atoms with Crippen LogP contribution in [0.15, 0.2) is 35.1 Å². The maximum atomic E-state index is 14.4. The number of nitrogens with one attached hydrogen (secondary N) is 2. The van der Waals surface area contributed by atoms with Crippen LogP contribution in [0.1, 0.15) is 0 Å². The average molecular weight is 501 g/mol. The highest BCUT2D eigenvalue weighted by atomic mass is 79.9. The number of rotatable bonds is 7. The Labute approximate surface area is 181 Å². The molecule has 1 amide bonds. The van der Waals surface area contributed by atoms with Gasteiger partial charge >= 0.3 is 11.8 Å². The first-order valence-electron chi connectivity index (χ1n) is 8.21. The summed E-state index contributed by atoms with van der Waals surface area (Å²) >= 11 is 9.01. The molecule has 0 unspecified atom stereocenters. The lowest BCUT2D eigenvalue weighted by atomic mass is 10.2. The number of nitro groups is 1. The lowest BCUT2D eigenvalue weighted by Gasteiger charge is -2.12. The van der Waals surface area contributed by atoms with Gasteiger partial charge in [0, 0.05) is 16.6 Å². The van der Waals surface area contributed by atoms with Crippen LogP contribution in [0.2, 0.25) is 5.02 Å². The van der Waals surface area contributed by atoms with Crippen LogP contribution >= 0.6 is 27.5 Å². The summed E-state index contributed by atoms with van der Waals surface area (Å²) in [5, 5.41) is 25.0. The van der Waals surface area contributed by atoms with E-state index in [9.17, 15) is 19.3 Å². The molecule has 0 aliphatic heterocycles. The van der Waals surface area contributed by atoms with Crippen LogP contribution in [0.5, 0.6) is 5.75 Å². The van der Waals surface area contributed by atoms with Crippen molar-refractivity contribution in [3.63, 3.8) is 0 Å². The molecule has 0 spiro atoms. The van der Waals surface area contributed by atoms with E-state index in [1.54, 1.807) is 0 Å². The molecule has 3 N–H and O–H groups in total. The van der Waals surface area contributed by atoms with Crippen LogP contribution in [0.4, 0.5) is 26.4 Å². The minimum Gasteiger partial charge on any atom is -0.485 e. The van der Waals surface area contributed by atoms with Gasteiger partial charge < -0.3 is 20.5 Å². The molecule has 0 atom stereocenters. The van der Waals surface area contributed by atoms with E-state index in [1.807, 2.05) is 0 Å². The molecule has 0 bridgehead atoms. The summed E-state index contributed by atoms with van der Waals surface area (Å²) in [4.78, 5) is 29.4. The smallest absolute Gasteiger partial charge is 0.404 e. The molecule has 3 rings (SSSR count). The number of benzene rings is 2. The fourth-order valence-corrected chi connectivity index (χ4v) is 2.97. The van der Waals surface area contributed by atoms with Crippen LogP contribution in [0, 0.1) is 15.9 Å². The topological polar surface area (TPSA) is 140 Å². The largest absolute Gasteiger partial charge is 0.485 e. The van der Waals surface area contributed by atoms with Gasteiger partial charge in [-0.05, 0) is 28.1 Å². The molecule has 0 aliphatic carbocycles. The van der Waals surface area contributed by atoms with E-state index in [0.29, 0.717) is 9.99 Å². The monoisotopic (exact) mass is 499 g/mol. The van der Waals surface area contributed by atoms with Crippen molar-refractivity contribution in [1.29, 1.82) is 0 Å². The first-order chi connectivity index (χ1) is 14.3. The Kier molecular flexibility index (Phi) is 6.47. The third-order valence-corrected chi connectivity index (χ3v) is 5.10. The number of hydrogen-bond donors (Lipinski definition) is 3. The van der Waals surface area contributed by atoms with Crippen molar-refractivity contribution in [3.8, 4) is 5.75 Å². The van der Waals surface area contributed by atoms with E-state index in [0.717, 1.165) is 0 Å². The number of nitro benzene ring substituents is 1. The number of ether oxygens (including phenoxy) is 1. The van der Waals surface area contributed by atoms with Gasteiger partial charge in [-0.25, -0.2) is 19.2 Å². The Morgan fingerprint density at radius 3 is 2.83 bits per heavy atom. The van der Waals surface area contributed by atoms with Crippen LogP contribution in [-0.2, 0) is 0 Å². The molecule has 2 aromatic carbocycles. The van der Waals surface area contributed by atoms with E-state index in [2.05, 4.69) is 36.5 Å². The van der Waals surface area contributed by atoms with E-state index in [-0.39, 0.29) is 46.5 Å². The molecule has 0 saturated carbocycles. The van der Waals surface area contributed by atoms with Crippen molar-refractivity contribution < 1.29 is 24.0 Å². The number of carbonyl (C=O) groups is 1. The zero-order valence-electron chi connectivity index (χ0n) is 14.9. The highest BCUT2D eigenvalue weighted by molar-refractivity contribution is 9.10. The molecule has 0 aliphatic rings. The fraction of sp³-hybridized carbons (Fsp3) is 0.118. The summed E-state index contributed by atoms with van der Waals surface area (Å²) in [6.07, 6.45) is -0.0414. The molecule has 0 fully saturated rings. The van der Waals surface area contributed by atoms with E-state index in [1.165, 1.54) is 30.6 Å². The zero-order valence-corrected chi connectivity index (χ0v) is 17.2. The van der Waals surface area contributed by atoms with Gasteiger partial charge in [0.05, 0.1) is 33.1 Å². The number of hydrogen-bond acceptors (Lipinski definition) is 7. The van der Waals surface area contributed by atoms with Gasteiger partial charge in [0.1, 0.15) is 18.8 Å². The third kappa shape index (κ3) is 4.66. The van der Waals surface area contributed by atoms with Gasteiger partial charge in [-0.15, -0.1) is 0 Å². The number of fused-ring (bicyclic) bond motifs is 1. The lowest BCUT2D eigenvalue weighted by molar-refractivity contribution is -0.385. The molecule has 1 aromatic heterocycles. The Morgan fingerprint density at radius 1 is 1.37 bits per heavy atom. The van der Waals surface area contributed by atoms with Gasteiger partial charge in [-0.2, -0.15) is 0 Å². The van der Waals surface area contributed by atoms with Gasteiger partial charge in [-0.3, -0.25) is 10.1 Å². The predicted molar refractivity (Wildman–Crippen MR) is 110 cm³/mol. The Bertz CT molecular complexity index is 1150. The van der Waals surface area contributed by atoms with Gasteiger partial charge in [-0.1, -0.05) is 11.6 Å². The fourth-order valence-electron chi connectivity index (χ4n) is 2.50. The normalized spacial score (nSPS) is 10.6. The number of halogens is 3. The molecule has 0 radical (unpaired) electrons. The second-order valence-electron chi connectivity index (χ2n) is 5.74. The summed E-state index contributed by atoms with van der Waals surface area (Å²) in [7, 11) is 0. The SMILES string of the molecule is O=C(O)NCCOc1cc2ncnc(Nc3ccc(Br)c(Cl)c3F)c2cc1[N+](=O)[O-]. The third-order valence-electron chi connectivity index (χ3n) is 3.84. The molecule has 13 heteroatoms. The lowest BCUT2D eigenvalue weighted by Crippen LogP contribution is -2.26. The van der Waals surface area contributed by atoms with E-state index in [4.69, 9.17) is 21.4 Å². The summed E-state index contributed by atoms with van der Waals surface area (Å²) in [5.74, 6) is -0.695. The number of anilines is 2. The summed E-state index contributed by atoms with van der Waals surface area (Å²) in [6.45, 7) is -0.192. The molecular weight excluding hydrogens is 489 g/mol. The number of carboxylic acid groups (broad SMARTS) is 1. The summed E-state index contributed by atoms with van der Waals surface area (Å²) in [6, 6.07) is 5.49. The Hall–Kier alpha value is -3.25. The molecule has 156 valence electrons. The summed E-state index contributed by atoms with van der Waals surface area (Å²) in [5.41, 5.74) is -0.0705. The molecule has 0 saturated heterocycles. The maximum Gasteiger partial charge on any atom is 0.404 e. The van der Waals surface area contributed by atoms with Crippen molar-refractivity contribution in [2.24, 2.45) is 0 Å². The van der Waals surface area contributed by atoms with E-state index < -0.39 is 16.8 Å². The van der Waals surface area contributed by atoms with Crippen molar-refractivity contribution in [2.75, 3.05) is 18.5 Å². The van der Waals surface area contributed by atoms with Crippen LogP contribution in [-0.4, -0.2) is 39.2 Å². The first-order valence-corrected chi connectivity index (χ1v) is 9.38. The quantitative estimate of drug-likeness (QED) is 0.187. The van der Waals surface area contributed by atoms with Gasteiger partial charge in [0.15, 0.2) is 11.6 Å². The number of aromatic nitrogens is 2. The summed E-state index contributed by atoms with van der Waals surface area (Å²) < 4.78 is 20.1. The average Bonchev–Trinajstić information content (AvgIpc) is 2.71. The van der Waals surface area contributed by atoms with Crippen LogP contribution in [0.3, 0.4) is 0 Å². The highest BCUT2D eigenvalue weighted by Gasteiger charge is 2.20. The second kappa shape index (κ2) is 9.05. The van der Waals surface area contributed by atoms with Crippen molar-refractivity contribution >= 4 is 61.7 Å². The van der Waals surface area contributed by atoms with Crippen molar-refractivity contribution in [2.45, 2.75) is 0 Å². The second-order valence-corrected chi connectivity index (χ2v) is 6.98. The molecule has 1 heterocycles. The molecule has 3 aromatic rings. The van der Waals surface area contributed by atoms with E-state index >= 15 is 0 Å². The first kappa shape index (κ1) is 21.5. The zero-order chi connectivity index (χ0) is 21.8. The number of nitrogens with zero attached hydrogens (tertiary/aromatic N) is 3. The predicted octanol–water partition coefficient (Wildman–Crippen LogP) is 4.48. The Morgan fingerprint density at radius 2 is 2.13 bits per heavy atom. The van der Waals surface area contributed by atoms with Crippen LogP contribution < -0.4 is 15.4 Å².